The SMILES string of the molecule is CC1(C)[C@H](OC(=O)c2ccc(N)cc2)CC[C@]2(C)C3=CC[C@@]4(C)[C@@H]5C[C@](C)(CO)CC[C@]5(C)CC[C@]4(C)C3=CC[C@@H]12. The third-order valence-corrected chi connectivity index (χ3v) is 14.1. The molecule has 4 nitrogen and oxygen atoms in total. The zero-order chi connectivity index (χ0) is 29.6. The molecule has 5 aliphatic carbocycles. The van der Waals surface area contributed by atoms with Crippen molar-refractivity contribution in [2.45, 2.75) is 112 Å². The van der Waals surface area contributed by atoms with Gasteiger partial charge in [-0.3, -0.25) is 0 Å². The normalized spacial score (nSPS) is 44.7. The van der Waals surface area contributed by atoms with E-state index in [0.29, 0.717) is 35.1 Å². The van der Waals surface area contributed by atoms with Crippen LogP contribution in [0.1, 0.15) is 117 Å². The quantitative estimate of drug-likeness (QED) is 0.288. The highest BCUT2D eigenvalue weighted by Crippen LogP contribution is 2.74. The molecule has 1 aromatic rings. The van der Waals surface area contributed by atoms with Crippen LogP contribution in [0.4, 0.5) is 5.69 Å². The minimum Gasteiger partial charge on any atom is -0.458 e. The summed E-state index contributed by atoms with van der Waals surface area (Å²) in [6.07, 6.45) is 15.3. The van der Waals surface area contributed by atoms with E-state index < -0.39 is 0 Å². The van der Waals surface area contributed by atoms with Gasteiger partial charge in [-0.2, -0.15) is 0 Å². The predicted molar refractivity (Wildman–Crippen MR) is 166 cm³/mol. The van der Waals surface area contributed by atoms with Crippen LogP contribution in [-0.4, -0.2) is 23.8 Å². The number of aliphatic hydroxyl groups is 1. The van der Waals surface area contributed by atoms with Gasteiger partial charge in [0.15, 0.2) is 0 Å². The van der Waals surface area contributed by atoms with Crippen molar-refractivity contribution in [1.29, 1.82) is 0 Å². The van der Waals surface area contributed by atoms with Crippen LogP contribution < -0.4 is 5.73 Å². The largest absolute Gasteiger partial charge is 0.458 e. The van der Waals surface area contributed by atoms with Gasteiger partial charge in [0.25, 0.3) is 0 Å². The highest BCUT2D eigenvalue weighted by molar-refractivity contribution is 5.89. The molecule has 41 heavy (non-hydrogen) atoms. The lowest BCUT2D eigenvalue weighted by Gasteiger charge is -2.69. The van der Waals surface area contributed by atoms with Gasteiger partial charge in [-0.25, -0.2) is 4.79 Å². The Hall–Kier alpha value is -2.07. The highest BCUT2D eigenvalue weighted by Gasteiger charge is 2.66. The fraction of sp³-hybridized carbons (Fsp3) is 0.703. The third-order valence-electron chi connectivity index (χ3n) is 14.1. The summed E-state index contributed by atoms with van der Waals surface area (Å²) >= 11 is 0. The third kappa shape index (κ3) is 4.05. The van der Waals surface area contributed by atoms with Crippen molar-refractivity contribution in [2.24, 2.45) is 44.3 Å². The second kappa shape index (κ2) is 9.21. The van der Waals surface area contributed by atoms with Crippen LogP contribution in [-0.2, 0) is 4.74 Å². The molecule has 3 fully saturated rings. The Labute approximate surface area is 248 Å². The monoisotopic (exact) mass is 559 g/mol. The van der Waals surface area contributed by atoms with Crippen molar-refractivity contribution in [1.82, 2.24) is 0 Å². The van der Waals surface area contributed by atoms with Gasteiger partial charge in [0.1, 0.15) is 6.10 Å². The average Bonchev–Trinajstić information content (AvgIpc) is 2.93. The second-order valence-electron chi connectivity index (χ2n) is 16.7. The Morgan fingerprint density at radius 1 is 0.902 bits per heavy atom. The topological polar surface area (TPSA) is 72.5 Å². The lowest BCUT2D eigenvalue weighted by molar-refractivity contribution is -0.150. The molecule has 3 N–H and O–H groups in total. The average molecular weight is 560 g/mol. The maximum Gasteiger partial charge on any atom is 0.338 e. The number of hydrogen-bond donors (Lipinski definition) is 2. The van der Waals surface area contributed by atoms with Crippen molar-refractivity contribution < 1.29 is 14.6 Å². The molecule has 0 radical (unpaired) electrons. The molecule has 0 bridgehead atoms. The summed E-state index contributed by atoms with van der Waals surface area (Å²) in [4.78, 5) is 13.1. The summed E-state index contributed by atoms with van der Waals surface area (Å²) < 4.78 is 6.24. The molecule has 0 heterocycles. The maximum absolute atomic E-state index is 13.1. The summed E-state index contributed by atoms with van der Waals surface area (Å²) in [5.41, 5.74) is 11.0. The molecular formula is C37H53NO3. The Bertz CT molecular complexity index is 1290. The summed E-state index contributed by atoms with van der Waals surface area (Å²) in [7, 11) is 0. The molecule has 224 valence electrons. The van der Waals surface area contributed by atoms with E-state index in [4.69, 9.17) is 10.5 Å². The number of hydrogen-bond acceptors (Lipinski definition) is 4. The van der Waals surface area contributed by atoms with E-state index in [1.165, 1.54) is 19.3 Å². The van der Waals surface area contributed by atoms with Crippen molar-refractivity contribution in [3.05, 3.63) is 53.1 Å². The van der Waals surface area contributed by atoms with Gasteiger partial charge in [-0.1, -0.05) is 60.6 Å². The lowest BCUT2D eigenvalue weighted by Crippen LogP contribution is -2.61. The summed E-state index contributed by atoms with van der Waals surface area (Å²) in [5.74, 6) is 0.785. The number of ether oxygens (including phenoxy) is 1. The standard InChI is InChI=1S/C37H53NO3/c1-32(2)28-13-12-27-26(35(28,5)16-15-30(32)41-31(40)24-8-10-25(38)11-9-24)14-17-37(7)29-22-33(3,23-39)18-19-34(29,4)20-21-36(27,37)6/h8-12,14,28-30,39H,13,15-23,38H2,1-7H3/t28-,29+,30+,33+,34+,35+,36+,37-/m0/s1. The predicted octanol–water partition coefficient (Wildman–Crippen LogP) is 8.51. The molecule has 0 unspecified atom stereocenters. The summed E-state index contributed by atoms with van der Waals surface area (Å²) in [5, 5.41) is 10.4. The van der Waals surface area contributed by atoms with E-state index in [1.54, 1.807) is 35.4 Å². The van der Waals surface area contributed by atoms with Gasteiger partial charge in [0, 0.05) is 17.7 Å². The minimum absolute atomic E-state index is 0.0413. The van der Waals surface area contributed by atoms with Gasteiger partial charge in [-0.05, 0) is 132 Å². The van der Waals surface area contributed by atoms with Crippen LogP contribution in [0.15, 0.2) is 47.6 Å². The van der Waals surface area contributed by atoms with E-state index in [1.807, 2.05) is 0 Å². The molecular weight excluding hydrogens is 506 g/mol. The fourth-order valence-corrected chi connectivity index (χ4v) is 10.8. The van der Waals surface area contributed by atoms with Gasteiger partial charge < -0.3 is 15.6 Å². The van der Waals surface area contributed by atoms with Crippen molar-refractivity contribution in [3.63, 3.8) is 0 Å². The zero-order valence-corrected chi connectivity index (χ0v) is 26.6. The number of carbonyl (C=O) groups excluding carboxylic acids is 1. The minimum atomic E-state index is -0.244. The first-order chi connectivity index (χ1) is 19.1. The van der Waals surface area contributed by atoms with Gasteiger partial charge in [-0.15, -0.1) is 0 Å². The van der Waals surface area contributed by atoms with Crippen molar-refractivity contribution >= 4 is 11.7 Å². The highest BCUT2D eigenvalue weighted by atomic mass is 16.5. The molecule has 3 saturated carbocycles. The zero-order valence-electron chi connectivity index (χ0n) is 26.6. The maximum atomic E-state index is 13.1. The fourth-order valence-electron chi connectivity index (χ4n) is 10.8. The van der Waals surface area contributed by atoms with Gasteiger partial charge >= 0.3 is 5.97 Å². The van der Waals surface area contributed by atoms with Crippen LogP contribution in [0.25, 0.3) is 0 Å². The summed E-state index contributed by atoms with van der Waals surface area (Å²) in [6.45, 7) is 17.5. The number of nitrogen functional groups attached to an aromatic ring is 1. The second-order valence-corrected chi connectivity index (χ2v) is 16.7. The number of allylic oxidation sites excluding steroid dienone is 4. The Morgan fingerprint density at radius 2 is 1.59 bits per heavy atom. The van der Waals surface area contributed by atoms with Crippen LogP contribution in [0.5, 0.6) is 0 Å². The number of esters is 1. The van der Waals surface area contributed by atoms with Crippen LogP contribution >= 0.6 is 0 Å². The van der Waals surface area contributed by atoms with E-state index >= 15 is 0 Å². The Balaban J connectivity index is 1.31. The number of aliphatic hydroxyl groups excluding tert-OH is 1. The van der Waals surface area contributed by atoms with Crippen LogP contribution in [0.2, 0.25) is 0 Å². The molecule has 0 spiro atoms. The van der Waals surface area contributed by atoms with Crippen LogP contribution in [0, 0.1) is 44.3 Å². The first-order valence-electron chi connectivity index (χ1n) is 16.2. The smallest absolute Gasteiger partial charge is 0.338 e. The van der Waals surface area contributed by atoms with E-state index in [9.17, 15) is 9.90 Å². The number of fused-ring (bicyclic) bond motifs is 7. The number of nitrogens with two attached hydrogens (primary N) is 1. The number of anilines is 1. The number of rotatable bonds is 3. The first kappa shape index (κ1) is 29.0. The molecule has 8 atom stereocenters. The van der Waals surface area contributed by atoms with E-state index in [-0.39, 0.29) is 39.1 Å². The van der Waals surface area contributed by atoms with Crippen molar-refractivity contribution in [3.8, 4) is 0 Å². The van der Waals surface area contributed by atoms with Crippen molar-refractivity contribution in [2.75, 3.05) is 12.3 Å². The molecule has 6 rings (SSSR count). The molecule has 4 heteroatoms. The molecule has 0 aromatic heterocycles. The van der Waals surface area contributed by atoms with E-state index in [0.717, 1.165) is 38.5 Å². The Kier molecular flexibility index (Phi) is 6.52. The Morgan fingerprint density at radius 3 is 2.27 bits per heavy atom. The lowest BCUT2D eigenvalue weighted by atomic mass is 9.36. The molecule has 0 saturated heterocycles. The van der Waals surface area contributed by atoms with Gasteiger partial charge in [0.05, 0.1) is 5.56 Å². The first-order valence-corrected chi connectivity index (χ1v) is 16.2. The summed E-state index contributed by atoms with van der Waals surface area (Å²) in [6, 6.07) is 7.07. The molecule has 0 aliphatic heterocycles. The van der Waals surface area contributed by atoms with E-state index in [2.05, 4.69) is 60.6 Å². The molecule has 0 amide bonds. The number of carbonyl (C=O) groups is 1. The molecule has 1 aromatic carbocycles. The molecule has 5 aliphatic rings. The van der Waals surface area contributed by atoms with Crippen LogP contribution in [0.3, 0.4) is 0 Å². The van der Waals surface area contributed by atoms with Gasteiger partial charge in [0.2, 0.25) is 0 Å². The number of benzene rings is 1.